The van der Waals surface area contributed by atoms with Gasteiger partial charge in [0.05, 0.1) is 23.7 Å². The Hall–Kier alpha value is -1.05. The molecule has 1 aromatic rings. The Balaban J connectivity index is 2.53. The average molecular weight is 317 g/mol. The summed E-state index contributed by atoms with van der Waals surface area (Å²) in [5.41, 5.74) is 0.801. The van der Waals surface area contributed by atoms with Gasteiger partial charge in [0.15, 0.2) is 0 Å². The van der Waals surface area contributed by atoms with Crippen LogP contribution in [0.5, 0.6) is 0 Å². The molecule has 0 spiro atoms. The summed E-state index contributed by atoms with van der Waals surface area (Å²) < 4.78 is 35.2. The first kappa shape index (κ1) is 18.0. The molecule has 1 unspecified atom stereocenters. The molecule has 5 nitrogen and oxygen atoms in total. The maximum Gasteiger partial charge on any atom is 0.148 e. The van der Waals surface area contributed by atoms with Crippen molar-refractivity contribution in [1.82, 2.24) is 15.2 Å². The van der Waals surface area contributed by atoms with E-state index in [0.717, 1.165) is 25.2 Å². The minimum Gasteiger partial charge on any atom is -0.309 e. The normalized spacial score (nSPS) is 13.6. The van der Waals surface area contributed by atoms with Crippen LogP contribution in [0.25, 0.3) is 0 Å². The van der Waals surface area contributed by atoms with Gasteiger partial charge in [-0.15, -0.1) is 0 Å². The standard InChI is InChI=1S/C14H24FN3O2S/c1-4-16-14(13-6-5-12(15)11-17-13)7-8-18(2)9-10-21(3,19)20/h5-6,11,14,16H,4,7-10H2,1-3H3. The maximum atomic E-state index is 12.9. The summed E-state index contributed by atoms with van der Waals surface area (Å²) in [7, 11) is -1.04. The Morgan fingerprint density at radius 3 is 2.62 bits per heavy atom. The van der Waals surface area contributed by atoms with E-state index < -0.39 is 9.84 Å². The van der Waals surface area contributed by atoms with Crippen LogP contribution < -0.4 is 5.32 Å². The molecule has 0 fully saturated rings. The highest BCUT2D eigenvalue weighted by molar-refractivity contribution is 7.90. The molecular weight excluding hydrogens is 293 g/mol. The van der Waals surface area contributed by atoms with Gasteiger partial charge in [0, 0.05) is 12.8 Å². The fraction of sp³-hybridized carbons (Fsp3) is 0.643. The molecule has 7 heteroatoms. The molecule has 0 aliphatic carbocycles. The van der Waals surface area contributed by atoms with E-state index in [4.69, 9.17) is 0 Å². The van der Waals surface area contributed by atoms with Crippen LogP contribution in [-0.4, -0.2) is 57.0 Å². The van der Waals surface area contributed by atoms with Gasteiger partial charge in [-0.05, 0) is 38.7 Å². The number of rotatable bonds is 9. The summed E-state index contributed by atoms with van der Waals surface area (Å²) in [5.74, 6) is -0.191. The lowest BCUT2D eigenvalue weighted by Gasteiger charge is -2.21. The lowest BCUT2D eigenvalue weighted by molar-refractivity contribution is 0.321. The minimum atomic E-state index is -2.94. The van der Waals surface area contributed by atoms with Gasteiger partial charge in [0.1, 0.15) is 15.7 Å². The molecule has 0 aromatic carbocycles. The van der Waals surface area contributed by atoms with Crippen molar-refractivity contribution in [3.63, 3.8) is 0 Å². The molecule has 1 N–H and O–H groups in total. The van der Waals surface area contributed by atoms with Crippen molar-refractivity contribution in [2.75, 3.05) is 38.7 Å². The Bertz CT molecular complexity index is 520. The summed E-state index contributed by atoms with van der Waals surface area (Å²) in [5, 5.41) is 3.32. The number of aromatic nitrogens is 1. The molecule has 1 heterocycles. The third-order valence-electron chi connectivity index (χ3n) is 3.20. The van der Waals surface area contributed by atoms with Crippen LogP contribution in [-0.2, 0) is 9.84 Å². The van der Waals surface area contributed by atoms with E-state index in [2.05, 4.69) is 10.3 Å². The SMILES string of the molecule is CCNC(CCN(C)CCS(C)(=O)=O)c1ccc(F)cn1. The highest BCUT2D eigenvalue weighted by Crippen LogP contribution is 2.15. The van der Waals surface area contributed by atoms with Gasteiger partial charge in [-0.2, -0.15) is 0 Å². The van der Waals surface area contributed by atoms with E-state index in [1.54, 1.807) is 6.07 Å². The Morgan fingerprint density at radius 1 is 1.38 bits per heavy atom. The Labute approximate surface area is 126 Å². The molecule has 1 aromatic heterocycles. The summed E-state index contributed by atoms with van der Waals surface area (Å²) in [6.45, 7) is 4.04. The van der Waals surface area contributed by atoms with Crippen LogP contribution in [0.1, 0.15) is 25.1 Å². The van der Waals surface area contributed by atoms with Crippen molar-refractivity contribution >= 4 is 9.84 Å². The van der Waals surface area contributed by atoms with Gasteiger partial charge in [0.2, 0.25) is 0 Å². The first-order valence-corrected chi connectivity index (χ1v) is 9.09. The molecular formula is C14H24FN3O2S. The molecule has 0 bridgehead atoms. The molecule has 0 saturated carbocycles. The molecule has 120 valence electrons. The van der Waals surface area contributed by atoms with Crippen LogP contribution >= 0.6 is 0 Å². The topological polar surface area (TPSA) is 62.3 Å². The smallest absolute Gasteiger partial charge is 0.148 e. The van der Waals surface area contributed by atoms with Crippen molar-refractivity contribution in [2.24, 2.45) is 0 Å². The number of nitrogens with one attached hydrogen (secondary N) is 1. The van der Waals surface area contributed by atoms with Crippen molar-refractivity contribution < 1.29 is 12.8 Å². The second-order valence-electron chi connectivity index (χ2n) is 5.23. The molecule has 1 atom stereocenters. The van der Waals surface area contributed by atoms with Crippen molar-refractivity contribution in [1.29, 1.82) is 0 Å². The predicted octanol–water partition coefficient (Wildman–Crippen LogP) is 1.24. The summed E-state index contributed by atoms with van der Waals surface area (Å²) in [4.78, 5) is 6.09. The zero-order valence-corrected chi connectivity index (χ0v) is 13.7. The molecule has 1 rings (SSSR count). The number of halogens is 1. The van der Waals surface area contributed by atoms with Gasteiger partial charge in [0.25, 0.3) is 0 Å². The molecule has 0 aliphatic rings. The lowest BCUT2D eigenvalue weighted by Crippen LogP contribution is -2.30. The first-order chi connectivity index (χ1) is 9.81. The van der Waals surface area contributed by atoms with E-state index in [1.807, 2.05) is 18.9 Å². The number of pyridine rings is 1. The third-order valence-corrected chi connectivity index (χ3v) is 4.13. The van der Waals surface area contributed by atoms with E-state index in [1.165, 1.54) is 18.5 Å². The zero-order valence-electron chi connectivity index (χ0n) is 12.8. The maximum absolute atomic E-state index is 12.9. The molecule has 21 heavy (non-hydrogen) atoms. The van der Waals surface area contributed by atoms with Crippen LogP contribution in [0, 0.1) is 5.82 Å². The molecule has 0 aliphatic heterocycles. The second kappa shape index (κ2) is 8.41. The van der Waals surface area contributed by atoms with Gasteiger partial charge < -0.3 is 10.2 Å². The van der Waals surface area contributed by atoms with E-state index >= 15 is 0 Å². The average Bonchev–Trinajstić information content (AvgIpc) is 2.41. The van der Waals surface area contributed by atoms with Crippen LogP contribution in [0.15, 0.2) is 18.3 Å². The van der Waals surface area contributed by atoms with E-state index in [-0.39, 0.29) is 17.6 Å². The van der Waals surface area contributed by atoms with Gasteiger partial charge in [-0.25, -0.2) is 12.8 Å². The van der Waals surface area contributed by atoms with E-state index in [9.17, 15) is 12.8 Å². The highest BCUT2D eigenvalue weighted by atomic mass is 32.2. The largest absolute Gasteiger partial charge is 0.309 e. The van der Waals surface area contributed by atoms with Crippen LogP contribution in [0.4, 0.5) is 4.39 Å². The molecule has 0 radical (unpaired) electrons. The Morgan fingerprint density at radius 2 is 2.10 bits per heavy atom. The number of sulfone groups is 1. The second-order valence-corrected chi connectivity index (χ2v) is 7.49. The molecule has 0 saturated heterocycles. The fourth-order valence-corrected chi connectivity index (χ4v) is 2.62. The summed E-state index contributed by atoms with van der Waals surface area (Å²) >= 11 is 0. The van der Waals surface area contributed by atoms with Crippen molar-refractivity contribution in [2.45, 2.75) is 19.4 Å². The quantitative estimate of drug-likeness (QED) is 0.742. The zero-order chi connectivity index (χ0) is 15.9. The summed E-state index contributed by atoms with van der Waals surface area (Å²) in [6, 6.07) is 3.12. The molecule has 0 amide bonds. The monoisotopic (exact) mass is 317 g/mol. The first-order valence-electron chi connectivity index (χ1n) is 7.03. The predicted molar refractivity (Wildman–Crippen MR) is 82.4 cm³/mol. The van der Waals surface area contributed by atoms with Crippen LogP contribution in [0.2, 0.25) is 0 Å². The summed E-state index contributed by atoms with van der Waals surface area (Å²) in [6.07, 6.45) is 3.24. The number of hydrogen-bond acceptors (Lipinski definition) is 5. The van der Waals surface area contributed by atoms with Crippen molar-refractivity contribution in [3.05, 3.63) is 29.8 Å². The third kappa shape index (κ3) is 7.50. The fourth-order valence-electron chi connectivity index (χ4n) is 1.98. The van der Waals surface area contributed by atoms with Gasteiger partial charge in [-0.1, -0.05) is 6.92 Å². The van der Waals surface area contributed by atoms with Gasteiger partial charge >= 0.3 is 0 Å². The van der Waals surface area contributed by atoms with Crippen molar-refractivity contribution in [3.8, 4) is 0 Å². The van der Waals surface area contributed by atoms with Gasteiger partial charge in [-0.3, -0.25) is 4.98 Å². The van der Waals surface area contributed by atoms with Crippen LogP contribution in [0.3, 0.4) is 0 Å². The van der Waals surface area contributed by atoms with E-state index in [0.29, 0.717) is 6.54 Å². The minimum absolute atomic E-state index is 0.0382. The highest BCUT2D eigenvalue weighted by Gasteiger charge is 2.13. The number of nitrogens with zero attached hydrogens (tertiary/aromatic N) is 2. The Kier molecular flexibility index (Phi) is 7.21. The lowest BCUT2D eigenvalue weighted by atomic mass is 10.1. The number of hydrogen-bond donors (Lipinski definition) is 1.